The van der Waals surface area contributed by atoms with Crippen LogP contribution in [0.5, 0.6) is 0 Å². The Bertz CT molecular complexity index is 999. The molecule has 0 aliphatic rings. The Kier molecular flexibility index (Phi) is 6.72. The highest BCUT2D eigenvalue weighted by atomic mass is 32.1. The number of benzene rings is 2. The second-order valence-electron chi connectivity index (χ2n) is 6.82. The molecule has 0 bridgehead atoms. The molecular weight excluding hydrogens is 391 g/mol. The summed E-state index contributed by atoms with van der Waals surface area (Å²) < 4.78 is 18.1. The number of halogens is 1. The number of amides is 1. The van der Waals surface area contributed by atoms with Gasteiger partial charge in [0.1, 0.15) is 10.8 Å². The molecule has 0 unspecified atom stereocenters. The summed E-state index contributed by atoms with van der Waals surface area (Å²) >= 11 is 1.45. The smallest absolute Gasteiger partial charge is 0.312 e. The largest absolute Gasteiger partial charge is 0.455 e. The first kappa shape index (κ1) is 20.7. The van der Waals surface area contributed by atoms with Crippen molar-refractivity contribution in [2.75, 3.05) is 11.9 Å². The van der Waals surface area contributed by atoms with Crippen LogP contribution in [0.4, 0.5) is 10.1 Å². The Balaban J connectivity index is 1.50. The van der Waals surface area contributed by atoms with E-state index in [1.807, 2.05) is 12.1 Å². The van der Waals surface area contributed by atoms with Gasteiger partial charge in [0.25, 0.3) is 5.91 Å². The predicted molar refractivity (Wildman–Crippen MR) is 111 cm³/mol. The summed E-state index contributed by atoms with van der Waals surface area (Å²) in [6.45, 7) is 3.84. The number of anilines is 1. The van der Waals surface area contributed by atoms with E-state index in [0.29, 0.717) is 17.3 Å². The molecule has 0 radical (unpaired) electrons. The van der Waals surface area contributed by atoms with Crippen LogP contribution in [0.1, 0.15) is 31.0 Å². The van der Waals surface area contributed by atoms with Gasteiger partial charge in [-0.2, -0.15) is 0 Å². The van der Waals surface area contributed by atoms with Crippen LogP contribution in [-0.2, 0) is 20.7 Å². The van der Waals surface area contributed by atoms with E-state index in [1.165, 1.54) is 35.1 Å². The first-order valence-corrected chi connectivity index (χ1v) is 10.0. The molecule has 1 amide bonds. The van der Waals surface area contributed by atoms with Crippen molar-refractivity contribution in [2.45, 2.75) is 26.2 Å². The van der Waals surface area contributed by atoms with Crippen LogP contribution in [0, 0.1) is 5.82 Å². The van der Waals surface area contributed by atoms with E-state index in [9.17, 15) is 14.0 Å². The second kappa shape index (κ2) is 9.43. The average molecular weight is 412 g/mol. The lowest BCUT2D eigenvalue weighted by atomic mass is 10.0. The third-order valence-corrected chi connectivity index (χ3v) is 5.11. The number of carbonyl (C=O) groups excluding carboxylic acids is 2. The molecule has 0 aliphatic carbocycles. The monoisotopic (exact) mass is 412 g/mol. The molecule has 0 aliphatic heterocycles. The van der Waals surface area contributed by atoms with Crippen LogP contribution in [-0.4, -0.2) is 23.5 Å². The minimum absolute atomic E-state index is 0.0200. The topological polar surface area (TPSA) is 68.3 Å². The number of carbonyl (C=O) groups is 2. The van der Waals surface area contributed by atoms with Crippen molar-refractivity contribution in [1.29, 1.82) is 0 Å². The number of hydrogen-bond acceptors (Lipinski definition) is 5. The Morgan fingerprint density at radius 1 is 1.17 bits per heavy atom. The van der Waals surface area contributed by atoms with E-state index < -0.39 is 24.3 Å². The third kappa shape index (κ3) is 5.96. The number of aromatic nitrogens is 1. The number of rotatable bonds is 7. The number of hydrogen-bond donors (Lipinski definition) is 1. The van der Waals surface area contributed by atoms with E-state index in [2.05, 4.69) is 36.3 Å². The number of ether oxygens (including phenoxy) is 1. The quantitative estimate of drug-likeness (QED) is 0.566. The fraction of sp³-hybridized carbons (Fsp3) is 0.227. The van der Waals surface area contributed by atoms with Crippen LogP contribution in [0.2, 0.25) is 0 Å². The third-order valence-electron chi connectivity index (χ3n) is 4.17. The van der Waals surface area contributed by atoms with Gasteiger partial charge in [-0.25, -0.2) is 9.37 Å². The molecule has 5 nitrogen and oxygen atoms in total. The van der Waals surface area contributed by atoms with Crippen LogP contribution >= 0.6 is 11.3 Å². The zero-order chi connectivity index (χ0) is 20.8. The van der Waals surface area contributed by atoms with Gasteiger partial charge in [-0.15, -0.1) is 11.3 Å². The van der Waals surface area contributed by atoms with Crippen LogP contribution in [0.3, 0.4) is 0 Å². The van der Waals surface area contributed by atoms with Crippen molar-refractivity contribution in [3.63, 3.8) is 0 Å². The lowest BCUT2D eigenvalue weighted by molar-refractivity contribution is -0.146. The van der Waals surface area contributed by atoms with Crippen molar-refractivity contribution in [3.8, 4) is 10.6 Å². The van der Waals surface area contributed by atoms with Crippen molar-refractivity contribution in [1.82, 2.24) is 4.98 Å². The SMILES string of the molecule is CC(C)c1ccc(-c2nc(CC(=O)OCC(=O)Nc3cccc(F)c3)cs2)cc1. The molecule has 7 heteroatoms. The van der Waals surface area contributed by atoms with E-state index in [0.717, 1.165) is 10.6 Å². The summed E-state index contributed by atoms with van der Waals surface area (Å²) in [6.07, 6.45) is -0.0200. The van der Waals surface area contributed by atoms with Gasteiger partial charge in [-0.1, -0.05) is 44.2 Å². The molecule has 1 aromatic heterocycles. The van der Waals surface area contributed by atoms with Gasteiger partial charge in [0.05, 0.1) is 12.1 Å². The van der Waals surface area contributed by atoms with Crippen molar-refractivity contribution < 1.29 is 18.7 Å². The Labute approximate surface area is 172 Å². The standard InChI is InChI=1S/C22H21FN2O3S/c1-14(2)15-6-8-16(9-7-15)22-25-19(13-29-22)11-21(27)28-12-20(26)24-18-5-3-4-17(23)10-18/h3-10,13-14H,11-12H2,1-2H3,(H,24,26). The highest BCUT2D eigenvalue weighted by Crippen LogP contribution is 2.26. The maximum atomic E-state index is 13.1. The van der Waals surface area contributed by atoms with E-state index in [4.69, 9.17) is 4.74 Å². The van der Waals surface area contributed by atoms with Gasteiger partial charge in [-0.05, 0) is 29.7 Å². The Morgan fingerprint density at radius 2 is 1.93 bits per heavy atom. The predicted octanol–water partition coefficient (Wildman–Crippen LogP) is 4.80. The Morgan fingerprint density at radius 3 is 2.62 bits per heavy atom. The molecule has 1 heterocycles. The maximum absolute atomic E-state index is 13.1. The summed E-state index contributed by atoms with van der Waals surface area (Å²) in [5.41, 5.74) is 3.14. The van der Waals surface area contributed by atoms with E-state index in [1.54, 1.807) is 11.4 Å². The number of esters is 1. The molecule has 2 aromatic carbocycles. The summed E-state index contributed by atoms with van der Waals surface area (Å²) in [5, 5.41) is 5.10. The zero-order valence-electron chi connectivity index (χ0n) is 16.1. The highest BCUT2D eigenvalue weighted by molar-refractivity contribution is 7.13. The summed E-state index contributed by atoms with van der Waals surface area (Å²) in [6, 6.07) is 13.7. The molecule has 29 heavy (non-hydrogen) atoms. The van der Waals surface area contributed by atoms with Gasteiger partial charge in [0, 0.05) is 16.6 Å². The maximum Gasteiger partial charge on any atom is 0.312 e. The first-order valence-electron chi connectivity index (χ1n) is 9.16. The average Bonchev–Trinajstić information content (AvgIpc) is 3.15. The van der Waals surface area contributed by atoms with Gasteiger partial charge in [-0.3, -0.25) is 9.59 Å². The fourth-order valence-corrected chi connectivity index (χ4v) is 3.47. The molecular formula is C22H21FN2O3S. The normalized spacial score (nSPS) is 10.8. The summed E-state index contributed by atoms with van der Waals surface area (Å²) in [4.78, 5) is 28.3. The Hall–Kier alpha value is -3.06. The summed E-state index contributed by atoms with van der Waals surface area (Å²) in [7, 11) is 0. The van der Waals surface area contributed by atoms with Gasteiger partial charge >= 0.3 is 5.97 Å². The molecule has 150 valence electrons. The molecule has 3 rings (SSSR count). The van der Waals surface area contributed by atoms with Gasteiger partial charge in [0.15, 0.2) is 6.61 Å². The minimum atomic E-state index is -0.550. The molecule has 0 atom stereocenters. The van der Waals surface area contributed by atoms with Gasteiger partial charge < -0.3 is 10.1 Å². The number of nitrogens with zero attached hydrogens (tertiary/aromatic N) is 1. The van der Waals surface area contributed by atoms with Crippen molar-refractivity contribution in [3.05, 3.63) is 71.0 Å². The van der Waals surface area contributed by atoms with Crippen molar-refractivity contribution >= 4 is 28.9 Å². The number of thiazole rings is 1. The molecule has 0 saturated carbocycles. The van der Waals surface area contributed by atoms with Crippen molar-refractivity contribution in [2.24, 2.45) is 0 Å². The van der Waals surface area contributed by atoms with E-state index in [-0.39, 0.29) is 6.42 Å². The number of nitrogens with one attached hydrogen (secondary N) is 1. The lowest BCUT2D eigenvalue weighted by Crippen LogP contribution is -2.21. The molecule has 0 fully saturated rings. The lowest BCUT2D eigenvalue weighted by Gasteiger charge is -2.06. The summed E-state index contributed by atoms with van der Waals surface area (Å²) in [5.74, 6) is -1.08. The zero-order valence-corrected chi connectivity index (χ0v) is 17.0. The highest BCUT2D eigenvalue weighted by Gasteiger charge is 2.12. The van der Waals surface area contributed by atoms with Gasteiger partial charge in [0.2, 0.25) is 0 Å². The second-order valence-corrected chi connectivity index (χ2v) is 7.67. The molecule has 3 aromatic rings. The molecule has 1 N–H and O–H groups in total. The van der Waals surface area contributed by atoms with Crippen LogP contribution < -0.4 is 5.32 Å². The fourth-order valence-electron chi connectivity index (χ4n) is 2.64. The first-order chi connectivity index (χ1) is 13.9. The molecule has 0 saturated heterocycles. The minimum Gasteiger partial charge on any atom is -0.455 e. The van der Waals surface area contributed by atoms with E-state index >= 15 is 0 Å². The van der Waals surface area contributed by atoms with Crippen LogP contribution in [0.25, 0.3) is 10.6 Å². The molecule has 0 spiro atoms. The van der Waals surface area contributed by atoms with Crippen LogP contribution in [0.15, 0.2) is 53.9 Å².